The highest BCUT2D eigenvalue weighted by molar-refractivity contribution is 5.73. The number of alkyl carbamates (subject to hydrolysis) is 1. The van der Waals surface area contributed by atoms with Gasteiger partial charge < -0.3 is 19.9 Å². The van der Waals surface area contributed by atoms with Gasteiger partial charge in [-0.15, -0.1) is 0 Å². The Morgan fingerprint density at radius 1 is 1.24 bits per heavy atom. The van der Waals surface area contributed by atoms with E-state index in [0.29, 0.717) is 6.54 Å². The minimum atomic E-state index is -0.510. The molecule has 2 heterocycles. The van der Waals surface area contributed by atoms with Gasteiger partial charge in [-0.2, -0.15) is 0 Å². The number of piperazine rings is 1. The molecule has 0 bridgehead atoms. The van der Waals surface area contributed by atoms with Gasteiger partial charge in [-0.1, -0.05) is 0 Å². The first kappa shape index (κ1) is 19.0. The normalized spacial score (nSPS) is 15.1. The molecule has 2 amide bonds. The second-order valence-electron chi connectivity index (χ2n) is 7.33. The van der Waals surface area contributed by atoms with Crippen molar-refractivity contribution in [1.82, 2.24) is 15.2 Å². The minimum absolute atomic E-state index is 0.118. The highest BCUT2D eigenvalue weighted by Crippen LogP contribution is 2.19. The van der Waals surface area contributed by atoms with Crippen LogP contribution in [-0.2, 0) is 16.1 Å². The number of hydrogen-bond acceptors (Lipinski definition) is 5. The summed E-state index contributed by atoms with van der Waals surface area (Å²) in [4.78, 5) is 31.7. The van der Waals surface area contributed by atoms with Gasteiger partial charge in [0, 0.05) is 45.8 Å². The van der Waals surface area contributed by atoms with Gasteiger partial charge in [-0.3, -0.25) is 4.79 Å². The van der Waals surface area contributed by atoms with Crippen molar-refractivity contribution in [2.75, 3.05) is 31.1 Å². The van der Waals surface area contributed by atoms with Crippen LogP contribution >= 0.6 is 0 Å². The van der Waals surface area contributed by atoms with Gasteiger partial charge in [0.1, 0.15) is 11.4 Å². The lowest BCUT2D eigenvalue weighted by Crippen LogP contribution is -2.48. The number of nitrogens with one attached hydrogen (secondary N) is 1. The number of rotatable bonds is 3. The zero-order valence-corrected chi connectivity index (χ0v) is 15.8. The zero-order chi connectivity index (χ0) is 18.6. The smallest absolute Gasteiger partial charge is 0.407 e. The van der Waals surface area contributed by atoms with Crippen molar-refractivity contribution in [3.05, 3.63) is 23.4 Å². The molecule has 1 aliphatic rings. The number of amides is 2. The molecule has 138 valence electrons. The molecule has 0 saturated carbocycles. The fourth-order valence-corrected chi connectivity index (χ4v) is 2.78. The molecular weight excluding hydrogens is 320 g/mol. The molecule has 0 unspecified atom stereocenters. The van der Waals surface area contributed by atoms with Crippen LogP contribution in [0.1, 0.15) is 38.8 Å². The van der Waals surface area contributed by atoms with E-state index in [-0.39, 0.29) is 5.91 Å². The number of hydrogen-bond donors (Lipinski definition) is 1. The van der Waals surface area contributed by atoms with Gasteiger partial charge >= 0.3 is 6.09 Å². The maximum atomic E-state index is 11.7. The third kappa shape index (κ3) is 5.62. The van der Waals surface area contributed by atoms with Crippen molar-refractivity contribution >= 4 is 17.8 Å². The summed E-state index contributed by atoms with van der Waals surface area (Å²) in [5, 5.41) is 2.74. The molecule has 1 saturated heterocycles. The molecule has 25 heavy (non-hydrogen) atoms. The molecule has 0 aliphatic carbocycles. The molecule has 1 N–H and O–H groups in total. The maximum Gasteiger partial charge on any atom is 0.407 e. The van der Waals surface area contributed by atoms with Crippen LogP contribution in [0.15, 0.2) is 12.3 Å². The van der Waals surface area contributed by atoms with Gasteiger partial charge in [0.05, 0.1) is 0 Å². The Morgan fingerprint density at radius 3 is 2.40 bits per heavy atom. The van der Waals surface area contributed by atoms with Crippen molar-refractivity contribution in [2.45, 2.75) is 46.8 Å². The summed E-state index contributed by atoms with van der Waals surface area (Å²) in [5.41, 5.74) is 1.47. The van der Waals surface area contributed by atoms with Crippen molar-refractivity contribution in [3.8, 4) is 0 Å². The average molecular weight is 348 g/mol. The Hall–Kier alpha value is -2.31. The van der Waals surface area contributed by atoms with Crippen LogP contribution in [0.5, 0.6) is 0 Å². The van der Waals surface area contributed by atoms with E-state index in [0.717, 1.165) is 43.1 Å². The molecule has 1 aromatic rings. The lowest BCUT2D eigenvalue weighted by molar-refractivity contribution is -0.129. The average Bonchev–Trinajstić information content (AvgIpc) is 2.51. The second kappa shape index (κ2) is 7.72. The fraction of sp³-hybridized carbons (Fsp3) is 0.611. The van der Waals surface area contributed by atoms with Crippen LogP contribution < -0.4 is 10.2 Å². The third-order valence-electron chi connectivity index (χ3n) is 3.97. The Labute approximate surface area is 149 Å². The van der Waals surface area contributed by atoms with Crippen molar-refractivity contribution in [3.63, 3.8) is 0 Å². The van der Waals surface area contributed by atoms with E-state index >= 15 is 0 Å². The Balaban J connectivity index is 1.92. The second-order valence-corrected chi connectivity index (χ2v) is 7.33. The number of aromatic nitrogens is 1. The number of anilines is 1. The lowest BCUT2D eigenvalue weighted by Gasteiger charge is -2.35. The molecule has 0 radical (unpaired) electrons. The number of pyridine rings is 1. The summed E-state index contributed by atoms with van der Waals surface area (Å²) in [7, 11) is 0. The van der Waals surface area contributed by atoms with Gasteiger partial charge in [0.15, 0.2) is 0 Å². The molecule has 7 nitrogen and oxygen atoms in total. The number of carbonyl (C=O) groups excluding carboxylic acids is 2. The summed E-state index contributed by atoms with van der Waals surface area (Å²) in [6.07, 6.45) is 1.34. The standard InChI is InChI=1S/C18H28N4O3/c1-13-10-15(12-20-17(24)25-18(3,4)5)11-19-16(13)22-8-6-21(7-9-22)14(2)23/h10-11H,6-9,12H2,1-5H3,(H,20,24). The van der Waals surface area contributed by atoms with E-state index in [1.165, 1.54) is 0 Å². The van der Waals surface area contributed by atoms with E-state index < -0.39 is 11.7 Å². The summed E-state index contributed by atoms with van der Waals surface area (Å²) in [6.45, 7) is 12.5. The molecule has 0 atom stereocenters. The van der Waals surface area contributed by atoms with E-state index in [2.05, 4.69) is 15.2 Å². The van der Waals surface area contributed by atoms with Crippen molar-refractivity contribution in [2.24, 2.45) is 0 Å². The number of ether oxygens (including phenoxy) is 1. The van der Waals surface area contributed by atoms with E-state index in [1.807, 2.05) is 38.7 Å². The van der Waals surface area contributed by atoms with Gasteiger partial charge in [-0.25, -0.2) is 9.78 Å². The number of aryl methyl sites for hydroxylation is 1. The molecular formula is C18H28N4O3. The molecule has 0 aromatic carbocycles. The third-order valence-corrected chi connectivity index (χ3v) is 3.97. The largest absolute Gasteiger partial charge is 0.444 e. The van der Waals surface area contributed by atoms with E-state index in [4.69, 9.17) is 4.74 Å². The molecule has 7 heteroatoms. The highest BCUT2D eigenvalue weighted by atomic mass is 16.6. The lowest BCUT2D eigenvalue weighted by atomic mass is 10.2. The van der Waals surface area contributed by atoms with Gasteiger partial charge in [0.2, 0.25) is 5.91 Å². The van der Waals surface area contributed by atoms with Crippen LogP contribution in [0.4, 0.5) is 10.6 Å². The molecule has 1 aromatic heterocycles. The predicted octanol–water partition coefficient (Wildman–Crippen LogP) is 2.08. The molecule has 0 spiro atoms. The van der Waals surface area contributed by atoms with E-state index in [1.54, 1.807) is 13.1 Å². The first-order valence-corrected chi connectivity index (χ1v) is 8.58. The van der Waals surface area contributed by atoms with Crippen LogP contribution in [-0.4, -0.2) is 53.7 Å². The minimum Gasteiger partial charge on any atom is -0.444 e. The number of nitrogens with zero attached hydrogens (tertiary/aromatic N) is 3. The van der Waals surface area contributed by atoms with Gasteiger partial charge in [-0.05, 0) is 44.9 Å². The van der Waals surface area contributed by atoms with Crippen LogP contribution in [0.2, 0.25) is 0 Å². The Morgan fingerprint density at radius 2 is 1.88 bits per heavy atom. The maximum absolute atomic E-state index is 11.7. The van der Waals surface area contributed by atoms with E-state index in [9.17, 15) is 9.59 Å². The van der Waals surface area contributed by atoms with Crippen LogP contribution in [0, 0.1) is 6.92 Å². The molecule has 2 rings (SSSR count). The molecule has 1 fully saturated rings. The fourth-order valence-electron chi connectivity index (χ4n) is 2.78. The Bertz CT molecular complexity index is 632. The topological polar surface area (TPSA) is 74.8 Å². The van der Waals surface area contributed by atoms with Crippen LogP contribution in [0.3, 0.4) is 0 Å². The zero-order valence-electron chi connectivity index (χ0n) is 15.8. The first-order chi connectivity index (χ1) is 11.7. The summed E-state index contributed by atoms with van der Waals surface area (Å²) < 4.78 is 5.23. The summed E-state index contributed by atoms with van der Waals surface area (Å²) >= 11 is 0. The van der Waals surface area contributed by atoms with Crippen molar-refractivity contribution < 1.29 is 14.3 Å². The first-order valence-electron chi connectivity index (χ1n) is 8.58. The number of carbonyl (C=O) groups is 2. The quantitative estimate of drug-likeness (QED) is 0.905. The van der Waals surface area contributed by atoms with Crippen LogP contribution in [0.25, 0.3) is 0 Å². The summed E-state index contributed by atoms with van der Waals surface area (Å²) in [6, 6.07) is 2.02. The Kier molecular flexibility index (Phi) is 5.87. The molecule has 1 aliphatic heterocycles. The highest BCUT2D eigenvalue weighted by Gasteiger charge is 2.21. The monoisotopic (exact) mass is 348 g/mol. The van der Waals surface area contributed by atoms with Crippen molar-refractivity contribution in [1.29, 1.82) is 0 Å². The SMILES string of the molecule is CC(=O)N1CCN(c2ncc(CNC(=O)OC(C)(C)C)cc2C)CC1. The predicted molar refractivity (Wildman–Crippen MR) is 96.5 cm³/mol. The van der Waals surface area contributed by atoms with Gasteiger partial charge in [0.25, 0.3) is 0 Å². The summed E-state index contributed by atoms with van der Waals surface area (Å²) in [5.74, 6) is 1.05.